The first-order valence-electron chi connectivity index (χ1n) is 7.64. The second-order valence-corrected chi connectivity index (χ2v) is 7.00. The monoisotopic (exact) mass is 389 g/mol. The predicted octanol–water partition coefficient (Wildman–Crippen LogP) is 5.63. The van der Waals surface area contributed by atoms with Gasteiger partial charge in [-0.3, -0.25) is 4.98 Å². The summed E-state index contributed by atoms with van der Waals surface area (Å²) < 4.78 is 2.09. The number of fused-ring (bicyclic) bond motifs is 1. The Hall–Kier alpha value is -2.15. The van der Waals surface area contributed by atoms with Crippen LogP contribution in [0.1, 0.15) is 6.92 Å². The van der Waals surface area contributed by atoms with Crippen molar-refractivity contribution in [3.8, 4) is 11.4 Å². The number of hydrogen-bond donors (Lipinski definition) is 1. The summed E-state index contributed by atoms with van der Waals surface area (Å²) in [5, 5.41) is 5.32. The molecular weight excluding hydrogens is 377 g/mol. The Morgan fingerprint density at radius 3 is 2.68 bits per heavy atom. The van der Waals surface area contributed by atoms with Crippen molar-refractivity contribution in [3.63, 3.8) is 0 Å². The minimum atomic E-state index is 0.572. The van der Waals surface area contributed by atoms with E-state index in [4.69, 9.17) is 28.2 Å². The Kier molecular flexibility index (Phi) is 4.33. The molecule has 8 heteroatoms. The minimum Gasteiger partial charge on any atom is -0.329 e. The quantitative estimate of drug-likeness (QED) is 0.491. The van der Waals surface area contributed by atoms with Gasteiger partial charge in [0, 0.05) is 12.7 Å². The van der Waals surface area contributed by atoms with Crippen LogP contribution < -0.4 is 5.32 Å². The fraction of sp³-hybridized carbons (Fsp3) is 0.118. The number of halogens is 2. The Balaban J connectivity index is 1.94. The number of nitrogens with one attached hydrogen (secondary N) is 1. The molecule has 0 radical (unpaired) electrons. The molecule has 5 nitrogen and oxygen atoms in total. The van der Waals surface area contributed by atoms with Gasteiger partial charge in [-0.1, -0.05) is 29.3 Å². The van der Waals surface area contributed by atoms with E-state index < -0.39 is 0 Å². The highest BCUT2D eigenvalue weighted by atomic mass is 35.5. The smallest absolute Gasteiger partial charge is 0.159 e. The number of hydrogen-bond acceptors (Lipinski definition) is 5. The SMILES string of the molecule is CCn1c(-c2c(Cl)cccc2Cl)nc2c(Nc3cncs3)nccc21. The molecule has 1 N–H and O–H groups in total. The Labute approximate surface area is 158 Å². The van der Waals surface area contributed by atoms with Gasteiger partial charge >= 0.3 is 0 Å². The molecule has 0 saturated heterocycles. The summed E-state index contributed by atoms with van der Waals surface area (Å²) in [6.07, 6.45) is 3.52. The highest BCUT2D eigenvalue weighted by molar-refractivity contribution is 7.13. The highest BCUT2D eigenvalue weighted by Gasteiger charge is 2.19. The summed E-state index contributed by atoms with van der Waals surface area (Å²) in [6.45, 7) is 2.80. The number of rotatable bonds is 4. The van der Waals surface area contributed by atoms with Gasteiger partial charge in [0.1, 0.15) is 16.3 Å². The van der Waals surface area contributed by atoms with Crippen molar-refractivity contribution in [1.29, 1.82) is 0 Å². The van der Waals surface area contributed by atoms with Gasteiger partial charge in [0.25, 0.3) is 0 Å². The van der Waals surface area contributed by atoms with Crippen LogP contribution in [-0.4, -0.2) is 19.5 Å². The molecule has 0 unspecified atom stereocenters. The normalized spacial score (nSPS) is 11.2. The van der Waals surface area contributed by atoms with Crippen LogP contribution in [0.2, 0.25) is 10.0 Å². The third-order valence-electron chi connectivity index (χ3n) is 3.84. The number of nitrogens with zero attached hydrogens (tertiary/aromatic N) is 4. The molecule has 0 bridgehead atoms. The van der Waals surface area contributed by atoms with E-state index in [2.05, 4.69) is 26.8 Å². The minimum absolute atomic E-state index is 0.572. The largest absolute Gasteiger partial charge is 0.329 e. The van der Waals surface area contributed by atoms with Crippen molar-refractivity contribution in [1.82, 2.24) is 19.5 Å². The van der Waals surface area contributed by atoms with Crippen LogP contribution in [0.25, 0.3) is 22.4 Å². The van der Waals surface area contributed by atoms with Crippen molar-refractivity contribution in [3.05, 3.63) is 52.2 Å². The van der Waals surface area contributed by atoms with Crippen LogP contribution in [0.4, 0.5) is 10.8 Å². The average Bonchev–Trinajstić information content (AvgIpc) is 3.22. The van der Waals surface area contributed by atoms with Crippen LogP contribution in [-0.2, 0) is 6.54 Å². The van der Waals surface area contributed by atoms with Crippen molar-refractivity contribution in [2.45, 2.75) is 13.5 Å². The van der Waals surface area contributed by atoms with E-state index in [0.717, 1.165) is 34.0 Å². The van der Waals surface area contributed by atoms with Crippen LogP contribution in [0.15, 0.2) is 42.2 Å². The summed E-state index contributed by atoms with van der Waals surface area (Å²) in [7, 11) is 0. The number of aromatic nitrogens is 4. The zero-order chi connectivity index (χ0) is 17.4. The molecule has 4 aromatic rings. The topological polar surface area (TPSA) is 55.6 Å². The van der Waals surface area contributed by atoms with Gasteiger partial charge in [-0.2, -0.15) is 0 Å². The zero-order valence-electron chi connectivity index (χ0n) is 13.2. The zero-order valence-corrected chi connectivity index (χ0v) is 15.5. The van der Waals surface area contributed by atoms with Gasteiger partial charge in [-0.05, 0) is 25.1 Å². The lowest BCUT2D eigenvalue weighted by atomic mass is 10.2. The van der Waals surface area contributed by atoms with E-state index >= 15 is 0 Å². The molecule has 126 valence electrons. The number of pyridine rings is 1. The summed E-state index contributed by atoms with van der Waals surface area (Å²) >= 11 is 14.3. The lowest BCUT2D eigenvalue weighted by molar-refractivity contribution is 0.796. The second-order valence-electron chi connectivity index (χ2n) is 5.29. The van der Waals surface area contributed by atoms with E-state index in [0.29, 0.717) is 15.9 Å². The van der Waals surface area contributed by atoms with Crippen LogP contribution >= 0.6 is 34.5 Å². The van der Waals surface area contributed by atoms with Crippen LogP contribution in [0.3, 0.4) is 0 Å². The first-order chi connectivity index (χ1) is 12.2. The fourth-order valence-corrected chi connectivity index (χ4v) is 3.84. The molecule has 0 spiro atoms. The molecule has 0 aliphatic carbocycles. The Morgan fingerprint density at radius 2 is 2.00 bits per heavy atom. The van der Waals surface area contributed by atoms with E-state index in [1.165, 1.54) is 11.3 Å². The van der Waals surface area contributed by atoms with Gasteiger partial charge in [-0.15, -0.1) is 11.3 Å². The summed E-state index contributed by atoms with van der Waals surface area (Å²) in [5.41, 5.74) is 4.23. The van der Waals surface area contributed by atoms with E-state index in [9.17, 15) is 0 Å². The van der Waals surface area contributed by atoms with Gasteiger partial charge in [0.2, 0.25) is 0 Å². The predicted molar refractivity (Wildman–Crippen MR) is 104 cm³/mol. The van der Waals surface area contributed by atoms with E-state index in [1.807, 2.05) is 24.3 Å². The Morgan fingerprint density at radius 1 is 1.20 bits per heavy atom. The number of thiazole rings is 1. The molecule has 4 rings (SSSR count). The van der Waals surface area contributed by atoms with Crippen LogP contribution in [0, 0.1) is 0 Å². The summed E-state index contributed by atoms with van der Waals surface area (Å²) in [4.78, 5) is 13.3. The first kappa shape index (κ1) is 16.3. The molecule has 0 amide bonds. The number of anilines is 2. The second kappa shape index (κ2) is 6.63. The highest BCUT2D eigenvalue weighted by Crippen LogP contribution is 2.37. The molecule has 0 aliphatic rings. The van der Waals surface area contributed by atoms with Crippen molar-refractivity contribution < 1.29 is 0 Å². The fourth-order valence-electron chi connectivity index (χ4n) is 2.76. The summed E-state index contributed by atoms with van der Waals surface area (Å²) in [6, 6.07) is 7.40. The molecule has 0 aliphatic heterocycles. The average molecular weight is 390 g/mol. The number of imidazole rings is 1. The maximum absolute atomic E-state index is 6.40. The van der Waals surface area contributed by atoms with Crippen LogP contribution in [0.5, 0.6) is 0 Å². The van der Waals surface area contributed by atoms with Crippen molar-refractivity contribution >= 4 is 56.4 Å². The third-order valence-corrected chi connectivity index (χ3v) is 5.16. The molecule has 3 aromatic heterocycles. The first-order valence-corrected chi connectivity index (χ1v) is 9.27. The Bertz CT molecular complexity index is 1020. The maximum Gasteiger partial charge on any atom is 0.159 e. The lowest BCUT2D eigenvalue weighted by Crippen LogP contribution is -1.98. The lowest BCUT2D eigenvalue weighted by Gasteiger charge is -2.09. The number of aryl methyl sites for hydroxylation is 1. The standard InChI is InChI=1S/C17H13Cl2N5S/c1-2-24-12-6-7-21-16(22-13-8-20-9-25-13)15(12)23-17(24)14-10(18)4-3-5-11(14)19/h3-9H,2H2,1H3,(H,21,22). The van der Waals surface area contributed by atoms with E-state index in [-0.39, 0.29) is 0 Å². The van der Waals surface area contributed by atoms with Gasteiger partial charge in [0.15, 0.2) is 5.82 Å². The molecule has 0 atom stereocenters. The molecule has 0 fully saturated rings. The van der Waals surface area contributed by atoms with Crippen molar-refractivity contribution in [2.75, 3.05) is 5.32 Å². The molecule has 3 heterocycles. The molecule has 1 aromatic carbocycles. The maximum atomic E-state index is 6.40. The molecule has 0 saturated carbocycles. The third kappa shape index (κ3) is 2.86. The van der Waals surface area contributed by atoms with Gasteiger partial charge in [0.05, 0.1) is 32.8 Å². The van der Waals surface area contributed by atoms with Gasteiger partial charge < -0.3 is 9.88 Å². The number of benzene rings is 1. The molecular formula is C17H13Cl2N5S. The van der Waals surface area contributed by atoms with Crippen molar-refractivity contribution in [2.24, 2.45) is 0 Å². The van der Waals surface area contributed by atoms with Gasteiger partial charge in [-0.25, -0.2) is 9.97 Å². The molecule has 25 heavy (non-hydrogen) atoms. The van der Waals surface area contributed by atoms with E-state index in [1.54, 1.807) is 17.9 Å². The summed E-state index contributed by atoms with van der Waals surface area (Å²) in [5.74, 6) is 1.41.